The molecule has 0 aliphatic heterocycles. The number of carboxylic acids is 1. The van der Waals surface area contributed by atoms with Crippen molar-refractivity contribution < 1.29 is 14.7 Å². The fourth-order valence-electron chi connectivity index (χ4n) is 2.01. The largest absolute Gasteiger partial charge is 0.480 e. The van der Waals surface area contributed by atoms with Gasteiger partial charge in [-0.3, -0.25) is 9.48 Å². The number of hydrogen-bond acceptors (Lipinski definition) is 3. The second kappa shape index (κ2) is 6.40. The maximum absolute atomic E-state index is 12.2. The van der Waals surface area contributed by atoms with Gasteiger partial charge in [0, 0.05) is 18.8 Å². The highest BCUT2D eigenvalue weighted by Crippen LogP contribution is 2.27. The van der Waals surface area contributed by atoms with Crippen LogP contribution >= 0.6 is 0 Å². The number of nitrogens with zero attached hydrogens (tertiary/aromatic N) is 3. The molecule has 110 valence electrons. The normalized spacial score (nSPS) is 14.1. The monoisotopic (exact) mass is 280 g/mol. The van der Waals surface area contributed by atoms with Crippen molar-refractivity contribution in [2.45, 2.75) is 45.2 Å². The molecule has 0 aromatic carbocycles. The minimum atomic E-state index is -0.964. The Labute approximate surface area is 117 Å². The first kappa shape index (κ1) is 14.4. The number of aromatic nitrogens is 2. The van der Waals surface area contributed by atoms with Crippen LogP contribution in [0.4, 0.5) is 10.5 Å². The Balaban J connectivity index is 1.91. The zero-order valence-electron chi connectivity index (χ0n) is 11.6. The van der Waals surface area contributed by atoms with Gasteiger partial charge in [-0.2, -0.15) is 5.10 Å². The van der Waals surface area contributed by atoms with Gasteiger partial charge in [0.25, 0.3) is 0 Å². The Morgan fingerprint density at radius 3 is 2.90 bits per heavy atom. The predicted octanol–water partition coefficient (Wildman–Crippen LogP) is 1.76. The van der Waals surface area contributed by atoms with Gasteiger partial charge in [0.15, 0.2) is 0 Å². The van der Waals surface area contributed by atoms with Crippen molar-refractivity contribution in [3.8, 4) is 0 Å². The molecule has 2 rings (SSSR count). The molecule has 1 aliphatic carbocycles. The lowest BCUT2D eigenvalue weighted by molar-refractivity contribution is -0.137. The molecule has 0 unspecified atom stereocenters. The van der Waals surface area contributed by atoms with E-state index < -0.39 is 5.97 Å². The van der Waals surface area contributed by atoms with Gasteiger partial charge in [-0.15, -0.1) is 0 Å². The summed E-state index contributed by atoms with van der Waals surface area (Å²) >= 11 is 0. The number of carbonyl (C=O) groups excluding carboxylic acids is 1. The van der Waals surface area contributed by atoms with Crippen LogP contribution in [0.25, 0.3) is 0 Å². The molecule has 1 aliphatic rings. The van der Waals surface area contributed by atoms with Crippen molar-refractivity contribution in [2.24, 2.45) is 0 Å². The van der Waals surface area contributed by atoms with Crippen molar-refractivity contribution >= 4 is 17.7 Å². The first-order valence-corrected chi connectivity index (χ1v) is 6.92. The Kier molecular flexibility index (Phi) is 4.60. The Morgan fingerprint density at radius 2 is 2.30 bits per heavy atom. The molecular weight excluding hydrogens is 260 g/mol. The second-order valence-corrected chi connectivity index (χ2v) is 5.03. The van der Waals surface area contributed by atoms with Crippen LogP contribution in [0.5, 0.6) is 0 Å². The van der Waals surface area contributed by atoms with Crippen molar-refractivity contribution in [3.05, 3.63) is 12.4 Å². The summed E-state index contributed by atoms with van der Waals surface area (Å²) in [6.45, 7) is 2.65. The molecule has 2 amide bonds. The lowest BCUT2D eigenvalue weighted by Gasteiger charge is -2.22. The van der Waals surface area contributed by atoms with E-state index in [-0.39, 0.29) is 12.6 Å². The number of nitrogens with one attached hydrogen (secondary N) is 1. The van der Waals surface area contributed by atoms with Crippen LogP contribution in [0.3, 0.4) is 0 Å². The molecule has 1 heterocycles. The predicted molar refractivity (Wildman–Crippen MR) is 73.5 cm³/mol. The quantitative estimate of drug-likeness (QED) is 0.796. The van der Waals surface area contributed by atoms with E-state index >= 15 is 0 Å². The number of rotatable bonds is 7. The van der Waals surface area contributed by atoms with Gasteiger partial charge >= 0.3 is 12.0 Å². The van der Waals surface area contributed by atoms with E-state index in [0.717, 1.165) is 32.2 Å². The van der Waals surface area contributed by atoms with Gasteiger partial charge in [0.05, 0.1) is 11.9 Å². The second-order valence-electron chi connectivity index (χ2n) is 5.03. The van der Waals surface area contributed by atoms with Gasteiger partial charge in [0.1, 0.15) is 6.54 Å². The Morgan fingerprint density at radius 1 is 1.55 bits per heavy atom. The maximum Gasteiger partial charge on any atom is 0.325 e. The minimum absolute atomic E-state index is 0.129. The van der Waals surface area contributed by atoms with Gasteiger partial charge in [-0.05, 0) is 19.3 Å². The summed E-state index contributed by atoms with van der Waals surface area (Å²) in [5.41, 5.74) is 0.526. The van der Waals surface area contributed by atoms with E-state index in [9.17, 15) is 9.59 Å². The first-order valence-electron chi connectivity index (χ1n) is 6.92. The van der Waals surface area contributed by atoms with Gasteiger partial charge in [-0.1, -0.05) is 13.3 Å². The number of carboxylic acid groups (broad SMARTS) is 1. The third-order valence-electron chi connectivity index (χ3n) is 3.18. The van der Waals surface area contributed by atoms with Crippen LogP contribution in [0.1, 0.15) is 32.6 Å². The summed E-state index contributed by atoms with van der Waals surface area (Å²) in [6, 6.07) is 0.228. The smallest absolute Gasteiger partial charge is 0.325 e. The Bertz CT molecular complexity index is 482. The third-order valence-corrected chi connectivity index (χ3v) is 3.18. The number of unbranched alkanes of at least 4 members (excludes halogenated alkanes) is 1. The fourth-order valence-corrected chi connectivity index (χ4v) is 2.01. The van der Waals surface area contributed by atoms with Gasteiger partial charge < -0.3 is 15.3 Å². The Hall–Kier alpha value is -2.05. The summed E-state index contributed by atoms with van der Waals surface area (Å²) in [5.74, 6) is -0.964. The van der Waals surface area contributed by atoms with Crippen LogP contribution < -0.4 is 5.32 Å². The van der Waals surface area contributed by atoms with Crippen LogP contribution in [-0.4, -0.2) is 44.4 Å². The van der Waals surface area contributed by atoms with Crippen molar-refractivity contribution in [2.75, 3.05) is 11.9 Å². The highest BCUT2D eigenvalue weighted by atomic mass is 16.4. The molecule has 20 heavy (non-hydrogen) atoms. The first-order chi connectivity index (χ1) is 9.60. The van der Waals surface area contributed by atoms with Crippen molar-refractivity contribution in [1.82, 2.24) is 14.7 Å². The van der Waals surface area contributed by atoms with E-state index in [1.54, 1.807) is 0 Å². The molecule has 0 bridgehead atoms. The van der Waals surface area contributed by atoms with Crippen LogP contribution in [0, 0.1) is 0 Å². The summed E-state index contributed by atoms with van der Waals surface area (Å²) in [7, 11) is 0. The molecule has 0 atom stereocenters. The highest BCUT2D eigenvalue weighted by molar-refractivity contribution is 5.89. The van der Waals surface area contributed by atoms with E-state index in [0.29, 0.717) is 11.7 Å². The molecular formula is C13H20N4O3. The zero-order valence-corrected chi connectivity index (χ0v) is 11.6. The molecule has 7 heteroatoms. The van der Waals surface area contributed by atoms with Gasteiger partial charge in [-0.25, -0.2) is 4.79 Å². The van der Waals surface area contributed by atoms with E-state index in [2.05, 4.69) is 17.3 Å². The summed E-state index contributed by atoms with van der Waals surface area (Å²) in [6.07, 6.45) is 7.16. The molecule has 1 aromatic rings. The maximum atomic E-state index is 12.2. The van der Waals surface area contributed by atoms with Crippen LogP contribution in [0.15, 0.2) is 12.4 Å². The lowest BCUT2D eigenvalue weighted by Crippen LogP contribution is -2.37. The number of hydrogen-bond donors (Lipinski definition) is 2. The molecule has 1 saturated carbocycles. The van der Waals surface area contributed by atoms with Crippen molar-refractivity contribution in [1.29, 1.82) is 0 Å². The van der Waals surface area contributed by atoms with Crippen molar-refractivity contribution in [3.63, 3.8) is 0 Å². The van der Waals surface area contributed by atoms with E-state index in [1.807, 2.05) is 4.90 Å². The minimum Gasteiger partial charge on any atom is -0.480 e. The lowest BCUT2D eigenvalue weighted by atomic mass is 10.3. The van der Waals surface area contributed by atoms with Crippen LogP contribution in [0.2, 0.25) is 0 Å². The average Bonchev–Trinajstić information content (AvgIpc) is 3.12. The molecule has 2 N–H and O–H groups in total. The fraction of sp³-hybridized carbons (Fsp3) is 0.615. The molecule has 0 radical (unpaired) electrons. The molecule has 0 spiro atoms. The van der Waals surface area contributed by atoms with Crippen LogP contribution in [-0.2, 0) is 11.3 Å². The molecule has 7 nitrogen and oxygen atoms in total. The molecule has 1 fully saturated rings. The number of anilines is 1. The SMILES string of the molecule is CCCCN(C(=O)Nc1cnn(CC(=O)O)c1)C1CC1. The number of urea groups is 1. The topological polar surface area (TPSA) is 87.5 Å². The van der Waals surface area contributed by atoms with E-state index in [4.69, 9.17) is 5.11 Å². The van der Waals surface area contributed by atoms with Gasteiger partial charge in [0.2, 0.25) is 0 Å². The summed E-state index contributed by atoms with van der Waals surface area (Å²) in [5, 5.41) is 15.3. The molecule has 0 saturated heterocycles. The average molecular weight is 280 g/mol. The molecule has 1 aromatic heterocycles. The zero-order chi connectivity index (χ0) is 14.5. The number of carbonyl (C=O) groups is 2. The number of aliphatic carboxylic acids is 1. The number of amides is 2. The van der Waals surface area contributed by atoms with E-state index in [1.165, 1.54) is 17.1 Å². The summed E-state index contributed by atoms with van der Waals surface area (Å²) in [4.78, 5) is 24.6. The summed E-state index contributed by atoms with van der Waals surface area (Å²) < 4.78 is 1.28. The third kappa shape index (κ3) is 3.97. The standard InChI is InChI=1S/C13H20N4O3/c1-2-3-6-17(11-4-5-11)13(20)15-10-7-14-16(8-10)9-12(18)19/h7-8,11H,2-6,9H2,1H3,(H,15,20)(H,18,19). The highest BCUT2D eigenvalue weighted by Gasteiger charge is 2.32.